The van der Waals surface area contributed by atoms with Gasteiger partial charge in [0.1, 0.15) is 0 Å². The second-order valence-electron chi connectivity index (χ2n) is 6.63. The van der Waals surface area contributed by atoms with Crippen LogP contribution in [0.25, 0.3) is 0 Å². The van der Waals surface area contributed by atoms with E-state index in [1.807, 2.05) is 7.05 Å². The molecule has 2 aliphatic rings. The standard InChI is InChI=1S/C17H25N3O4S/c1-19-8-2-3-14(13-19)17(21)18-15-4-6-16(7-5-15)25(22,23)20-9-11-24-12-10-20/h4-7,14H,2-3,8-13H2,1H3,(H,18,21). The monoisotopic (exact) mass is 367 g/mol. The summed E-state index contributed by atoms with van der Waals surface area (Å²) in [4.78, 5) is 14.8. The van der Waals surface area contributed by atoms with Crippen molar-refractivity contribution < 1.29 is 17.9 Å². The van der Waals surface area contributed by atoms with Crippen LogP contribution < -0.4 is 5.32 Å². The molecule has 1 aromatic carbocycles. The number of ether oxygens (including phenoxy) is 1. The number of hydrogen-bond acceptors (Lipinski definition) is 5. The van der Waals surface area contributed by atoms with Gasteiger partial charge in [0.15, 0.2) is 0 Å². The molecular weight excluding hydrogens is 342 g/mol. The Morgan fingerprint density at radius 2 is 1.84 bits per heavy atom. The molecule has 25 heavy (non-hydrogen) atoms. The smallest absolute Gasteiger partial charge is 0.243 e. The quantitative estimate of drug-likeness (QED) is 0.859. The molecule has 2 aliphatic heterocycles. The number of carbonyl (C=O) groups excluding carboxylic acids is 1. The second-order valence-corrected chi connectivity index (χ2v) is 8.57. The number of nitrogens with one attached hydrogen (secondary N) is 1. The lowest BCUT2D eigenvalue weighted by molar-refractivity contribution is -0.121. The molecule has 0 spiro atoms. The van der Waals surface area contributed by atoms with Gasteiger partial charge >= 0.3 is 0 Å². The van der Waals surface area contributed by atoms with Crippen molar-refractivity contribution in [2.75, 3.05) is 51.8 Å². The highest BCUT2D eigenvalue weighted by atomic mass is 32.2. The van der Waals surface area contributed by atoms with Gasteiger partial charge < -0.3 is 15.0 Å². The summed E-state index contributed by atoms with van der Waals surface area (Å²) in [5, 5.41) is 2.90. The Bertz CT molecular complexity index is 699. The van der Waals surface area contributed by atoms with E-state index in [2.05, 4.69) is 10.2 Å². The van der Waals surface area contributed by atoms with Gasteiger partial charge in [0, 0.05) is 25.3 Å². The Balaban J connectivity index is 1.64. The third kappa shape index (κ3) is 4.38. The minimum Gasteiger partial charge on any atom is -0.379 e. The van der Waals surface area contributed by atoms with Crippen LogP contribution in [0.2, 0.25) is 0 Å². The van der Waals surface area contributed by atoms with Gasteiger partial charge in [-0.15, -0.1) is 0 Å². The number of carbonyl (C=O) groups is 1. The van der Waals surface area contributed by atoms with Crippen molar-refractivity contribution in [3.8, 4) is 0 Å². The topological polar surface area (TPSA) is 79.0 Å². The number of amides is 1. The summed E-state index contributed by atoms with van der Waals surface area (Å²) >= 11 is 0. The molecule has 0 aliphatic carbocycles. The summed E-state index contributed by atoms with van der Waals surface area (Å²) in [7, 11) is -1.48. The molecule has 1 atom stereocenters. The van der Waals surface area contributed by atoms with Crippen molar-refractivity contribution in [1.82, 2.24) is 9.21 Å². The molecule has 1 unspecified atom stereocenters. The molecular formula is C17H25N3O4S. The van der Waals surface area contributed by atoms with Crippen LogP contribution in [0.4, 0.5) is 5.69 Å². The van der Waals surface area contributed by atoms with Gasteiger partial charge in [0.2, 0.25) is 15.9 Å². The Kier molecular flexibility index (Phi) is 5.73. The number of rotatable bonds is 4. The molecule has 8 heteroatoms. The Hall–Kier alpha value is -1.48. The molecule has 0 aromatic heterocycles. The van der Waals surface area contributed by atoms with Gasteiger partial charge in [-0.2, -0.15) is 4.31 Å². The number of anilines is 1. The number of sulfonamides is 1. The van der Waals surface area contributed by atoms with Crippen molar-refractivity contribution in [1.29, 1.82) is 0 Å². The number of benzene rings is 1. The zero-order chi connectivity index (χ0) is 17.9. The summed E-state index contributed by atoms with van der Waals surface area (Å²) in [6.07, 6.45) is 1.91. The normalized spacial score (nSPS) is 23.3. The largest absolute Gasteiger partial charge is 0.379 e. The van der Waals surface area contributed by atoms with Gasteiger partial charge in [-0.1, -0.05) is 0 Å². The zero-order valence-corrected chi connectivity index (χ0v) is 15.3. The highest BCUT2D eigenvalue weighted by Crippen LogP contribution is 2.21. The summed E-state index contributed by atoms with van der Waals surface area (Å²) in [6, 6.07) is 6.40. The fraction of sp³-hybridized carbons (Fsp3) is 0.588. The predicted octanol–water partition coefficient (Wildman–Crippen LogP) is 0.988. The average molecular weight is 367 g/mol. The zero-order valence-electron chi connectivity index (χ0n) is 14.5. The molecule has 2 saturated heterocycles. The first-order chi connectivity index (χ1) is 12.0. The van der Waals surface area contributed by atoms with Gasteiger partial charge in [-0.05, 0) is 50.7 Å². The molecule has 3 rings (SSSR count). The maximum absolute atomic E-state index is 12.6. The first-order valence-corrected chi connectivity index (χ1v) is 10.1. The molecule has 138 valence electrons. The van der Waals surface area contributed by atoms with Crippen molar-refractivity contribution >= 4 is 21.6 Å². The summed E-state index contributed by atoms with van der Waals surface area (Å²) < 4.78 is 31.8. The molecule has 1 aromatic rings. The molecule has 0 bridgehead atoms. The lowest BCUT2D eigenvalue weighted by atomic mass is 9.97. The second kappa shape index (κ2) is 7.82. The maximum atomic E-state index is 12.6. The van der Waals surface area contributed by atoms with Crippen LogP contribution in [0.5, 0.6) is 0 Å². The van der Waals surface area contributed by atoms with Gasteiger partial charge in [0.05, 0.1) is 24.0 Å². The van der Waals surface area contributed by atoms with Crippen LogP contribution in [0, 0.1) is 5.92 Å². The van der Waals surface area contributed by atoms with Gasteiger partial charge in [-0.3, -0.25) is 4.79 Å². The Labute approximate surface area is 149 Å². The number of morpholine rings is 1. The van der Waals surface area contributed by atoms with E-state index < -0.39 is 10.0 Å². The maximum Gasteiger partial charge on any atom is 0.243 e. The molecule has 0 saturated carbocycles. The number of nitrogens with zero attached hydrogens (tertiary/aromatic N) is 2. The van der Waals surface area contributed by atoms with E-state index in [0.29, 0.717) is 32.0 Å². The van der Waals surface area contributed by atoms with Crippen molar-refractivity contribution in [3.63, 3.8) is 0 Å². The minimum absolute atomic E-state index is 0.00432. The van der Waals surface area contributed by atoms with Crippen LogP contribution >= 0.6 is 0 Å². The van der Waals surface area contributed by atoms with E-state index in [0.717, 1.165) is 25.9 Å². The van der Waals surface area contributed by atoms with E-state index in [4.69, 9.17) is 4.74 Å². The lowest BCUT2D eigenvalue weighted by Gasteiger charge is -2.28. The van der Waals surface area contributed by atoms with Gasteiger partial charge in [0.25, 0.3) is 0 Å². The van der Waals surface area contributed by atoms with Crippen LogP contribution in [0.1, 0.15) is 12.8 Å². The van der Waals surface area contributed by atoms with Crippen LogP contribution in [-0.2, 0) is 19.6 Å². The fourth-order valence-corrected chi connectivity index (χ4v) is 4.68. The highest BCUT2D eigenvalue weighted by Gasteiger charge is 2.27. The van der Waals surface area contributed by atoms with E-state index in [1.54, 1.807) is 24.3 Å². The molecule has 1 N–H and O–H groups in total. The van der Waals surface area contributed by atoms with Crippen LogP contribution in [0.3, 0.4) is 0 Å². The molecule has 2 heterocycles. The number of piperidine rings is 1. The van der Waals surface area contributed by atoms with E-state index >= 15 is 0 Å². The van der Waals surface area contributed by atoms with Crippen molar-refractivity contribution in [2.24, 2.45) is 5.92 Å². The first-order valence-electron chi connectivity index (χ1n) is 8.64. The molecule has 7 nitrogen and oxygen atoms in total. The SMILES string of the molecule is CN1CCCC(C(=O)Nc2ccc(S(=O)(=O)N3CCOCC3)cc2)C1. The minimum atomic E-state index is -3.50. The van der Waals surface area contributed by atoms with E-state index in [9.17, 15) is 13.2 Å². The van der Waals surface area contributed by atoms with Gasteiger partial charge in [-0.25, -0.2) is 8.42 Å². The average Bonchev–Trinajstić information content (AvgIpc) is 2.63. The number of hydrogen-bond donors (Lipinski definition) is 1. The third-order valence-corrected chi connectivity index (χ3v) is 6.64. The summed E-state index contributed by atoms with van der Waals surface area (Å²) in [5.74, 6) is -0.0224. The number of likely N-dealkylation sites (tertiary alicyclic amines) is 1. The van der Waals surface area contributed by atoms with Crippen LogP contribution in [-0.4, -0.2) is 70.0 Å². The Morgan fingerprint density at radius 3 is 2.48 bits per heavy atom. The first kappa shape index (κ1) is 18.3. The highest BCUT2D eigenvalue weighted by molar-refractivity contribution is 7.89. The summed E-state index contributed by atoms with van der Waals surface area (Å²) in [5.41, 5.74) is 0.624. The lowest BCUT2D eigenvalue weighted by Crippen LogP contribution is -2.40. The fourth-order valence-electron chi connectivity index (χ4n) is 3.27. The Morgan fingerprint density at radius 1 is 1.16 bits per heavy atom. The van der Waals surface area contributed by atoms with Crippen LogP contribution in [0.15, 0.2) is 29.2 Å². The molecule has 1 amide bonds. The molecule has 0 radical (unpaired) electrons. The van der Waals surface area contributed by atoms with Crippen molar-refractivity contribution in [3.05, 3.63) is 24.3 Å². The summed E-state index contributed by atoms with van der Waals surface area (Å²) in [6.45, 7) is 3.37. The van der Waals surface area contributed by atoms with Crippen molar-refractivity contribution in [2.45, 2.75) is 17.7 Å². The third-order valence-electron chi connectivity index (χ3n) is 4.72. The van der Waals surface area contributed by atoms with E-state index in [1.165, 1.54) is 4.31 Å². The molecule has 2 fully saturated rings. The van der Waals surface area contributed by atoms with E-state index in [-0.39, 0.29) is 16.7 Å². The predicted molar refractivity (Wildman–Crippen MR) is 94.9 cm³/mol.